The molecule has 0 atom stereocenters. The molecule has 0 aliphatic rings. The summed E-state index contributed by atoms with van der Waals surface area (Å²) in [7, 11) is 0. The lowest BCUT2D eigenvalue weighted by Gasteiger charge is -1.86. The number of hydrogen-bond acceptors (Lipinski definition) is 2. The minimum Gasteiger partial charge on any atom is -0.265 e. The molecular weight excluding hydrogens is 200 g/mol. The highest BCUT2D eigenvalue weighted by molar-refractivity contribution is 6.62. The van der Waals surface area contributed by atoms with Crippen LogP contribution in [0.5, 0.6) is 0 Å². The monoisotopic (exact) mass is 199 g/mol. The highest BCUT2D eigenvalue weighted by Crippen LogP contribution is 2.18. The molecule has 0 aliphatic heterocycles. The summed E-state index contributed by atoms with van der Waals surface area (Å²) in [6.07, 6.45) is 0.993. The maximum Gasteiger partial charge on any atom is 0.301 e. The van der Waals surface area contributed by atoms with Gasteiger partial charge in [-0.1, -0.05) is 34.8 Å². The number of carbonyl (C=O) groups excluding carboxylic acids is 2. The van der Waals surface area contributed by atoms with Crippen molar-refractivity contribution in [3.8, 4) is 0 Å². The van der Waals surface area contributed by atoms with E-state index in [1.54, 1.807) is 0 Å². The van der Waals surface area contributed by atoms with Gasteiger partial charge in [-0.2, -0.15) is 0 Å². The van der Waals surface area contributed by atoms with Gasteiger partial charge in [-0.05, 0) is 0 Å². The molecule has 0 aromatic heterocycles. The van der Waals surface area contributed by atoms with Crippen LogP contribution in [-0.4, -0.2) is 12.0 Å². The molecule has 0 saturated carbocycles. The molecule has 10 heavy (non-hydrogen) atoms. The zero-order valence-electron chi connectivity index (χ0n) is 4.40. The summed E-state index contributed by atoms with van der Waals surface area (Å²) in [5.74, 6) is -1.00. The molecule has 0 radical (unpaired) electrons. The van der Waals surface area contributed by atoms with Gasteiger partial charge in [0.15, 0.2) is 0 Å². The molecular formula is C4Cl3NO2. The smallest absolute Gasteiger partial charge is 0.265 e. The topological polar surface area (TPSA) is 46.5 Å². The van der Waals surface area contributed by atoms with E-state index in [0.717, 1.165) is 6.08 Å². The minimum atomic E-state index is -1.00. The third-order valence-electron chi connectivity index (χ3n) is 0.501. The maximum atomic E-state index is 10.4. The maximum absolute atomic E-state index is 10.4. The van der Waals surface area contributed by atoms with Crippen LogP contribution in [0.2, 0.25) is 0 Å². The lowest BCUT2D eigenvalue weighted by atomic mass is 10.6. The van der Waals surface area contributed by atoms with Crippen LogP contribution in [0.15, 0.2) is 14.5 Å². The zero-order chi connectivity index (χ0) is 8.15. The molecule has 0 rings (SSSR count). The van der Waals surface area contributed by atoms with Crippen LogP contribution in [0.1, 0.15) is 0 Å². The van der Waals surface area contributed by atoms with Gasteiger partial charge in [0.05, 0.1) is 0 Å². The van der Waals surface area contributed by atoms with Crippen molar-refractivity contribution >= 4 is 46.8 Å². The van der Waals surface area contributed by atoms with Crippen LogP contribution < -0.4 is 0 Å². The van der Waals surface area contributed by atoms with E-state index in [2.05, 4.69) is 4.99 Å². The average molecular weight is 200 g/mol. The number of amides is 1. The molecule has 3 nitrogen and oxygen atoms in total. The quantitative estimate of drug-likeness (QED) is 0.368. The number of carbonyl (C=O) groups is 1. The molecule has 1 amide bonds. The molecule has 0 saturated heterocycles. The van der Waals surface area contributed by atoms with E-state index < -0.39 is 15.4 Å². The predicted molar refractivity (Wildman–Crippen MR) is 37.7 cm³/mol. The van der Waals surface area contributed by atoms with E-state index in [1.807, 2.05) is 0 Å². The Hall–Kier alpha value is -0.340. The van der Waals surface area contributed by atoms with Gasteiger partial charge in [-0.15, -0.1) is 4.99 Å². The zero-order valence-corrected chi connectivity index (χ0v) is 6.67. The Morgan fingerprint density at radius 2 is 1.80 bits per heavy atom. The van der Waals surface area contributed by atoms with Gasteiger partial charge >= 0.3 is 5.91 Å². The third kappa shape index (κ3) is 2.99. The third-order valence-corrected chi connectivity index (χ3v) is 1.42. The summed E-state index contributed by atoms with van der Waals surface area (Å²) in [6.45, 7) is 0. The minimum absolute atomic E-state index is 0.425. The molecule has 6 heteroatoms. The summed E-state index contributed by atoms with van der Waals surface area (Å²) in [6, 6.07) is 0. The van der Waals surface area contributed by atoms with Crippen molar-refractivity contribution in [1.29, 1.82) is 0 Å². The van der Waals surface area contributed by atoms with E-state index in [1.165, 1.54) is 0 Å². The number of aliphatic imine (C=N–C) groups is 1. The second-order valence-electron chi connectivity index (χ2n) is 1.08. The van der Waals surface area contributed by atoms with E-state index in [9.17, 15) is 9.59 Å². The number of nitrogens with zero attached hydrogens (tertiary/aromatic N) is 1. The average Bonchev–Trinajstić information content (AvgIpc) is 1.87. The summed E-state index contributed by atoms with van der Waals surface area (Å²) in [5.41, 5.74) is 0. The molecule has 0 aromatic carbocycles. The van der Waals surface area contributed by atoms with Crippen molar-refractivity contribution in [2.24, 2.45) is 4.99 Å². The van der Waals surface area contributed by atoms with Crippen molar-refractivity contribution in [3.05, 3.63) is 9.52 Å². The SMILES string of the molecule is O=C=NC(=O)C(Cl)=C(Cl)Cl. The lowest BCUT2D eigenvalue weighted by molar-refractivity contribution is -0.113. The number of halogens is 3. The molecule has 0 N–H and O–H groups in total. The Balaban J connectivity index is 4.53. The van der Waals surface area contributed by atoms with E-state index in [-0.39, 0.29) is 0 Å². The fourth-order valence-corrected chi connectivity index (χ4v) is 0.375. The molecule has 0 heterocycles. The van der Waals surface area contributed by atoms with Gasteiger partial charge in [0.1, 0.15) is 9.52 Å². The largest absolute Gasteiger partial charge is 0.301 e. The summed E-state index contributed by atoms with van der Waals surface area (Å²) in [4.78, 5) is 22.5. The van der Waals surface area contributed by atoms with Crippen LogP contribution in [0, 0.1) is 0 Å². The number of isocyanates is 1. The Morgan fingerprint density at radius 1 is 1.30 bits per heavy atom. The predicted octanol–water partition coefficient (Wildman–Crippen LogP) is 1.73. The highest BCUT2D eigenvalue weighted by atomic mass is 35.5. The number of rotatable bonds is 1. The lowest BCUT2D eigenvalue weighted by Crippen LogP contribution is -1.91. The number of hydrogen-bond donors (Lipinski definition) is 0. The van der Waals surface area contributed by atoms with Gasteiger partial charge in [0.25, 0.3) is 0 Å². The Bertz CT molecular complexity index is 225. The van der Waals surface area contributed by atoms with Crippen molar-refractivity contribution in [1.82, 2.24) is 0 Å². The van der Waals surface area contributed by atoms with Crippen LogP contribution in [0.4, 0.5) is 0 Å². The van der Waals surface area contributed by atoms with Gasteiger partial charge in [0.2, 0.25) is 6.08 Å². The van der Waals surface area contributed by atoms with E-state index in [0.29, 0.717) is 0 Å². The van der Waals surface area contributed by atoms with E-state index >= 15 is 0 Å². The summed E-state index contributed by atoms with van der Waals surface area (Å²) < 4.78 is -0.425. The summed E-state index contributed by atoms with van der Waals surface area (Å²) in [5, 5.41) is -0.494. The molecule has 0 spiro atoms. The molecule has 54 valence electrons. The van der Waals surface area contributed by atoms with Crippen LogP contribution in [-0.2, 0) is 9.59 Å². The van der Waals surface area contributed by atoms with Gasteiger partial charge in [-0.25, -0.2) is 4.79 Å². The molecule has 0 bridgehead atoms. The molecule has 0 fully saturated rings. The second kappa shape index (κ2) is 4.47. The van der Waals surface area contributed by atoms with Crippen LogP contribution in [0.25, 0.3) is 0 Å². The molecule has 0 unspecified atom stereocenters. The Labute approximate surface area is 71.3 Å². The van der Waals surface area contributed by atoms with Crippen molar-refractivity contribution < 1.29 is 9.59 Å². The van der Waals surface area contributed by atoms with Crippen molar-refractivity contribution in [3.63, 3.8) is 0 Å². The standard InChI is InChI=1S/C4Cl3NO2/c5-2(3(6)7)4(10)8-1-9. The van der Waals surface area contributed by atoms with Crippen LogP contribution >= 0.6 is 34.8 Å². The van der Waals surface area contributed by atoms with Crippen molar-refractivity contribution in [2.45, 2.75) is 0 Å². The van der Waals surface area contributed by atoms with Gasteiger partial charge < -0.3 is 0 Å². The van der Waals surface area contributed by atoms with E-state index in [4.69, 9.17) is 34.8 Å². The Morgan fingerprint density at radius 3 is 2.10 bits per heavy atom. The first-order chi connectivity index (χ1) is 4.59. The van der Waals surface area contributed by atoms with Gasteiger partial charge in [-0.3, -0.25) is 4.79 Å². The molecule has 0 aromatic rings. The normalized spacial score (nSPS) is 7.90. The first kappa shape index (κ1) is 9.66. The summed E-state index contributed by atoms with van der Waals surface area (Å²) >= 11 is 15.3. The van der Waals surface area contributed by atoms with Crippen molar-refractivity contribution in [2.75, 3.05) is 0 Å². The second-order valence-corrected chi connectivity index (χ2v) is 2.41. The fourth-order valence-electron chi connectivity index (χ4n) is 0.171. The fraction of sp³-hybridized carbons (Fsp3) is 0. The van der Waals surface area contributed by atoms with Crippen LogP contribution in [0.3, 0.4) is 0 Å². The van der Waals surface area contributed by atoms with Gasteiger partial charge in [0, 0.05) is 0 Å². The first-order valence-corrected chi connectivity index (χ1v) is 3.06. The highest BCUT2D eigenvalue weighted by Gasteiger charge is 2.08. The molecule has 0 aliphatic carbocycles. The first-order valence-electron chi connectivity index (χ1n) is 1.92. The Kier molecular flexibility index (Phi) is 4.32.